The zero-order valence-corrected chi connectivity index (χ0v) is 14.7. The minimum absolute atomic E-state index is 0.152. The maximum atomic E-state index is 14.3. The third-order valence-corrected chi connectivity index (χ3v) is 4.82. The minimum atomic E-state index is -0.504. The molecule has 1 aliphatic rings. The average Bonchev–Trinajstić information content (AvgIpc) is 3.39. The molecular formula is C19H15F2N7. The number of hydrogen-bond donors (Lipinski definition) is 1. The molecule has 1 aromatic carbocycles. The number of aromatic nitrogens is 6. The molecule has 4 aromatic rings. The Morgan fingerprint density at radius 1 is 1.07 bits per heavy atom. The Morgan fingerprint density at radius 3 is 2.82 bits per heavy atom. The Balaban J connectivity index is 1.50. The van der Waals surface area contributed by atoms with Crippen LogP contribution in [0.5, 0.6) is 0 Å². The molecule has 3 aromatic heterocycles. The van der Waals surface area contributed by atoms with E-state index in [0.29, 0.717) is 24.5 Å². The number of nitrogens with zero attached hydrogens (tertiary/aromatic N) is 6. The van der Waals surface area contributed by atoms with Crippen LogP contribution in [0.25, 0.3) is 17.1 Å². The van der Waals surface area contributed by atoms with Gasteiger partial charge in [-0.1, -0.05) is 0 Å². The van der Waals surface area contributed by atoms with Gasteiger partial charge in [-0.2, -0.15) is 10.2 Å². The van der Waals surface area contributed by atoms with Gasteiger partial charge in [0.2, 0.25) is 0 Å². The first-order chi connectivity index (χ1) is 13.7. The predicted molar refractivity (Wildman–Crippen MR) is 97.8 cm³/mol. The van der Waals surface area contributed by atoms with Crippen LogP contribution in [0, 0.1) is 11.6 Å². The lowest BCUT2D eigenvalue weighted by atomic mass is 10.0. The summed E-state index contributed by atoms with van der Waals surface area (Å²) in [5.74, 6) is 0.388. The van der Waals surface area contributed by atoms with Gasteiger partial charge < -0.3 is 4.90 Å². The van der Waals surface area contributed by atoms with Gasteiger partial charge in [-0.15, -0.1) is 0 Å². The smallest absolute Gasteiger partial charge is 0.158 e. The summed E-state index contributed by atoms with van der Waals surface area (Å²) < 4.78 is 29.6. The van der Waals surface area contributed by atoms with Crippen molar-refractivity contribution in [3.05, 3.63) is 71.9 Å². The molecule has 0 aliphatic carbocycles. The van der Waals surface area contributed by atoms with Gasteiger partial charge in [-0.25, -0.2) is 23.4 Å². The van der Waals surface area contributed by atoms with E-state index in [9.17, 15) is 8.78 Å². The van der Waals surface area contributed by atoms with Crippen molar-refractivity contribution in [3.8, 4) is 17.1 Å². The first kappa shape index (κ1) is 16.5. The molecule has 0 amide bonds. The largest absolute Gasteiger partial charge is 0.352 e. The van der Waals surface area contributed by atoms with E-state index in [2.05, 4.69) is 30.2 Å². The summed E-state index contributed by atoms with van der Waals surface area (Å²) in [4.78, 5) is 10.7. The van der Waals surface area contributed by atoms with Crippen molar-refractivity contribution in [3.63, 3.8) is 0 Å². The summed E-state index contributed by atoms with van der Waals surface area (Å²) in [6.45, 7) is 1.20. The van der Waals surface area contributed by atoms with Crippen molar-refractivity contribution in [1.29, 1.82) is 0 Å². The lowest BCUT2D eigenvalue weighted by molar-refractivity contribution is 0.602. The lowest BCUT2D eigenvalue weighted by Crippen LogP contribution is -2.31. The SMILES string of the molecule is Fc1ccc(F)c(-c2n[nH]c3c2CN(c2cc(-n4cccn4)ncn2)CC3)c1. The fourth-order valence-electron chi connectivity index (χ4n) is 3.43. The number of benzene rings is 1. The second-order valence-corrected chi connectivity index (χ2v) is 6.51. The molecule has 0 saturated heterocycles. The zero-order chi connectivity index (χ0) is 19.1. The maximum absolute atomic E-state index is 14.3. The van der Waals surface area contributed by atoms with Crippen molar-refractivity contribution in [2.24, 2.45) is 0 Å². The van der Waals surface area contributed by atoms with Gasteiger partial charge in [-0.3, -0.25) is 5.10 Å². The lowest BCUT2D eigenvalue weighted by Gasteiger charge is -2.28. The molecule has 1 aliphatic heterocycles. The van der Waals surface area contributed by atoms with E-state index in [0.717, 1.165) is 35.8 Å². The summed E-state index contributed by atoms with van der Waals surface area (Å²) in [7, 11) is 0. The van der Waals surface area contributed by atoms with Crippen LogP contribution in [-0.2, 0) is 13.0 Å². The highest BCUT2D eigenvalue weighted by atomic mass is 19.1. The van der Waals surface area contributed by atoms with Gasteiger partial charge in [0.15, 0.2) is 5.82 Å². The second kappa shape index (κ2) is 6.52. The maximum Gasteiger partial charge on any atom is 0.158 e. The number of rotatable bonds is 3. The van der Waals surface area contributed by atoms with Gasteiger partial charge >= 0.3 is 0 Å². The molecule has 7 nitrogen and oxygen atoms in total. The van der Waals surface area contributed by atoms with E-state index in [-0.39, 0.29) is 5.56 Å². The number of H-pyrrole nitrogens is 1. The Morgan fingerprint density at radius 2 is 1.96 bits per heavy atom. The van der Waals surface area contributed by atoms with E-state index >= 15 is 0 Å². The molecule has 1 N–H and O–H groups in total. The molecule has 4 heterocycles. The van der Waals surface area contributed by atoms with Crippen molar-refractivity contribution in [2.75, 3.05) is 11.4 Å². The number of fused-ring (bicyclic) bond motifs is 1. The normalized spacial score (nSPS) is 13.6. The third-order valence-electron chi connectivity index (χ3n) is 4.82. The summed E-state index contributed by atoms with van der Waals surface area (Å²) in [6, 6.07) is 7.06. The van der Waals surface area contributed by atoms with E-state index in [1.54, 1.807) is 17.1 Å². The predicted octanol–water partition coefficient (Wildman–Crippen LogP) is 2.89. The van der Waals surface area contributed by atoms with Crippen LogP contribution in [0.4, 0.5) is 14.6 Å². The number of halogens is 2. The first-order valence-corrected chi connectivity index (χ1v) is 8.77. The van der Waals surface area contributed by atoms with Crippen LogP contribution in [-0.4, -0.2) is 36.5 Å². The monoisotopic (exact) mass is 379 g/mol. The third kappa shape index (κ3) is 2.81. The van der Waals surface area contributed by atoms with Crippen molar-refractivity contribution in [2.45, 2.75) is 13.0 Å². The Hall–Kier alpha value is -3.62. The van der Waals surface area contributed by atoms with Crippen LogP contribution in [0.3, 0.4) is 0 Å². The fourth-order valence-corrected chi connectivity index (χ4v) is 3.43. The van der Waals surface area contributed by atoms with Gasteiger partial charge in [-0.05, 0) is 24.3 Å². The van der Waals surface area contributed by atoms with E-state index in [4.69, 9.17) is 0 Å². The molecule has 0 saturated carbocycles. The molecule has 0 unspecified atom stereocenters. The van der Waals surface area contributed by atoms with Crippen LogP contribution in [0.2, 0.25) is 0 Å². The molecule has 0 radical (unpaired) electrons. The fraction of sp³-hybridized carbons (Fsp3) is 0.158. The summed E-state index contributed by atoms with van der Waals surface area (Å²) in [5, 5.41) is 11.4. The molecule has 9 heteroatoms. The average molecular weight is 379 g/mol. The number of anilines is 1. The first-order valence-electron chi connectivity index (χ1n) is 8.77. The van der Waals surface area contributed by atoms with Crippen molar-refractivity contribution in [1.82, 2.24) is 29.9 Å². The molecule has 5 rings (SSSR count). The van der Waals surface area contributed by atoms with Crippen LogP contribution in [0.15, 0.2) is 49.1 Å². The molecule has 0 spiro atoms. The molecule has 0 atom stereocenters. The Bertz CT molecular complexity index is 1140. The molecule has 0 bridgehead atoms. The summed E-state index contributed by atoms with van der Waals surface area (Å²) >= 11 is 0. The van der Waals surface area contributed by atoms with E-state index in [1.165, 1.54) is 12.4 Å². The highest BCUT2D eigenvalue weighted by molar-refractivity contribution is 5.66. The van der Waals surface area contributed by atoms with Crippen LogP contribution in [0.1, 0.15) is 11.3 Å². The number of hydrogen-bond acceptors (Lipinski definition) is 5. The quantitative estimate of drug-likeness (QED) is 0.592. The molecular weight excluding hydrogens is 364 g/mol. The minimum Gasteiger partial charge on any atom is -0.352 e. The Labute approximate surface area is 158 Å². The molecule has 140 valence electrons. The van der Waals surface area contributed by atoms with Crippen LogP contribution >= 0.6 is 0 Å². The van der Waals surface area contributed by atoms with Gasteiger partial charge in [0.25, 0.3) is 0 Å². The number of aromatic amines is 1. The number of nitrogens with one attached hydrogen (secondary N) is 1. The standard InChI is InChI=1S/C19H15F2N7/c20-12-2-3-15(21)13(8-12)19-14-10-27(7-4-16(14)25-26-19)17-9-18(23-11-22-17)28-6-1-5-24-28/h1-3,5-6,8-9,11H,4,7,10H2,(H,25,26). The van der Waals surface area contributed by atoms with E-state index < -0.39 is 11.6 Å². The highest BCUT2D eigenvalue weighted by Crippen LogP contribution is 2.32. The van der Waals surface area contributed by atoms with Gasteiger partial charge in [0.1, 0.15) is 29.5 Å². The van der Waals surface area contributed by atoms with E-state index in [1.807, 2.05) is 12.1 Å². The topological polar surface area (TPSA) is 75.5 Å². The zero-order valence-electron chi connectivity index (χ0n) is 14.7. The second-order valence-electron chi connectivity index (χ2n) is 6.51. The van der Waals surface area contributed by atoms with Crippen LogP contribution < -0.4 is 4.90 Å². The summed E-state index contributed by atoms with van der Waals surface area (Å²) in [5.41, 5.74) is 2.35. The summed E-state index contributed by atoms with van der Waals surface area (Å²) in [6.07, 6.45) is 5.67. The molecule has 0 fully saturated rings. The van der Waals surface area contributed by atoms with Crippen molar-refractivity contribution >= 4 is 5.82 Å². The van der Waals surface area contributed by atoms with Gasteiger partial charge in [0, 0.05) is 54.8 Å². The Kier molecular flexibility index (Phi) is 3.85. The highest BCUT2D eigenvalue weighted by Gasteiger charge is 2.25. The molecule has 28 heavy (non-hydrogen) atoms. The van der Waals surface area contributed by atoms with Gasteiger partial charge in [0.05, 0.1) is 0 Å². The van der Waals surface area contributed by atoms with Crippen molar-refractivity contribution < 1.29 is 8.78 Å².